The third-order valence-electron chi connectivity index (χ3n) is 3.17. The van der Waals surface area contributed by atoms with Gasteiger partial charge in [0, 0.05) is 6.92 Å². The lowest BCUT2D eigenvalue weighted by atomic mass is 10.0. The molecule has 19 heavy (non-hydrogen) atoms. The van der Waals surface area contributed by atoms with Gasteiger partial charge in [-0.3, -0.25) is 0 Å². The highest BCUT2D eigenvalue weighted by molar-refractivity contribution is 6.07. The summed E-state index contributed by atoms with van der Waals surface area (Å²) in [4.78, 5) is 12.3. The van der Waals surface area contributed by atoms with E-state index in [4.69, 9.17) is 9.47 Å². The first-order valence-electron chi connectivity index (χ1n) is 6.21. The van der Waals surface area contributed by atoms with Gasteiger partial charge in [-0.05, 0) is 29.8 Å². The molecular weight excluding hydrogens is 240 g/mol. The van der Waals surface area contributed by atoms with Gasteiger partial charge >= 0.3 is 5.97 Å². The Kier molecular flexibility index (Phi) is 2.56. The van der Waals surface area contributed by atoms with Gasteiger partial charge in [0.05, 0.1) is 0 Å². The first-order valence-corrected chi connectivity index (χ1v) is 6.21. The van der Waals surface area contributed by atoms with Crippen LogP contribution in [0, 0.1) is 0 Å². The number of ether oxygens (including phenoxy) is 2. The molecule has 2 aromatic carbocycles. The van der Waals surface area contributed by atoms with Gasteiger partial charge in [-0.15, -0.1) is 0 Å². The van der Waals surface area contributed by atoms with E-state index in [0.717, 1.165) is 10.8 Å². The second-order valence-electron chi connectivity index (χ2n) is 4.67. The van der Waals surface area contributed by atoms with Crippen LogP contribution in [0.2, 0.25) is 0 Å². The topological polar surface area (TPSA) is 35.5 Å². The zero-order valence-electron chi connectivity index (χ0n) is 10.8. The number of cyclic esters (lactones) is 1. The Morgan fingerprint density at radius 1 is 1.11 bits per heavy atom. The van der Waals surface area contributed by atoms with Crippen LogP contribution in [-0.2, 0) is 4.74 Å². The Balaban J connectivity index is 2.21. The van der Waals surface area contributed by atoms with Crippen molar-refractivity contribution in [1.82, 2.24) is 0 Å². The molecule has 0 saturated carbocycles. The van der Waals surface area contributed by atoms with Crippen molar-refractivity contribution in [3.63, 3.8) is 0 Å². The molecule has 1 heterocycles. The fourth-order valence-corrected chi connectivity index (χ4v) is 2.39. The molecule has 96 valence electrons. The summed E-state index contributed by atoms with van der Waals surface area (Å²) in [5.41, 5.74) is 0.500. The minimum Gasteiger partial charge on any atom is -0.448 e. The highest BCUT2D eigenvalue weighted by Crippen LogP contribution is 2.36. The molecule has 0 aromatic heterocycles. The lowest BCUT2D eigenvalue weighted by Crippen LogP contribution is -2.40. The van der Waals surface area contributed by atoms with Gasteiger partial charge in [-0.25, -0.2) is 4.79 Å². The van der Waals surface area contributed by atoms with Crippen LogP contribution in [0.1, 0.15) is 24.2 Å². The summed E-state index contributed by atoms with van der Waals surface area (Å²) in [5.74, 6) is -0.810. The van der Waals surface area contributed by atoms with Gasteiger partial charge in [-0.2, -0.15) is 0 Å². The Morgan fingerprint density at radius 3 is 2.68 bits per heavy atom. The van der Waals surface area contributed by atoms with Crippen molar-refractivity contribution in [1.29, 1.82) is 0 Å². The molecule has 0 fully saturated rings. The second-order valence-corrected chi connectivity index (χ2v) is 4.67. The molecule has 1 unspecified atom stereocenters. The van der Waals surface area contributed by atoms with Crippen LogP contribution in [0.3, 0.4) is 0 Å². The van der Waals surface area contributed by atoms with E-state index in [1.54, 1.807) is 19.1 Å². The Labute approximate surface area is 111 Å². The molecule has 0 N–H and O–H groups in total. The normalized spacial score (nSPS) is 22.1. The average molecular weight is 254 g/mol. The van der Waals surface area contributed by atoms with Crippen LogP contribution in [0.15, 0.2) is 48.6 Å². The molecule has 3 nitrogen and oxygen atoms in total. The fourth-order valence-electron chi connectivity index (χ4n) is 2.39. The molecule has 1 aliphatic rings. The van der Waals surface area contributed by atoms with E-state index >= 15 is 0 Å². The van der Waals surface area contributed by atoms with E-state index in [1.807, 2.05) is 43.3 Å². The third-order valence-corrected chi connectivity index (χ3v) is 3.17. The van der Waals surface area contributed by atoms with Gasteiger partial charge in [-0.1, -0.05) is 36.4 Å². The molecule has 0 radical (unpaired) electrons. The lowest BCUT2D eigenvalue weighted by molar-refractivity contribution is -0.105. The maximum Gasteiger partial charge on any atom is 0.346 e. The molecule has 0 saturated heterocycles. The number of fused-ring (bicyclic) bond motifs is 3. The molecule has 3 heteroatoms. The second kappa shape index (κ2) is 4.12. The highest BCUT2D eigenvalue weighted by Gasteiger charge is 2.36. The van der Waals surface area contributed by atoms with Crippen LogP contribution in [-0.4, -0.2) is 11.8 Å². The number of benzene rings is 2. The fraction of sp³-hybridized carbons (Fsp3) is 0.188. The predicted octanol–water partition coefficient (Wildman–Crippen LogP) is 3.68. The Hall–Kier alpha value is -2.29. The minimum atomic E-state index is -1.03. The molecule has 2 aromatic rings. The highest BCUT2D eigenvalue weighted by atomic mass is 16.7. The van der Waals surface area contributed by atoms with E-state index in [1.165, 1.54) is 0 Å². The molecule has 1 aliphatic heterocycles. The third kappa shape index (κ3) is 1.87. The van der Waals surface area contributed by atoms with E-state index in [9.17, 15) is 4.79 Å². The molecule has 0 aliphatic carbocycles. The number of rotatable bonds is 1. The molecule has 0 amide bonds. The smallest absolute Gasteiger partial charge is 0.346 e. The summed E-state index contributed by atoms with van der Waals surface area (Å²) >= 11 is 0. The van der Waals surface area contributed by atoms with Gasteiger partial charge in [0.2, 0.25) is 0 Å². The summed E-state index contributed by atoms with van der Waals surface area (Å²) in [6.07, 6.45) is 3.53. The van der Waals surface area contributed by atoms with Crippen molar-refractivity contribution >= 4 is 16.7 Å². The zero-order valence-corrected chi connectivity index (χ0v) is 10.8. The quantitative estimate of drug-likeness (QED) is 0.575. The van der Waals surface area contributed by atoms with Crippen LogP contribution < -0.4 is 4.74 Å². The van der Waals surface area contributed by atoms with Crippen molar-refractivity contribution in [2.24, 2.45) is 0 Å². The minimum absolute atomic E-state index is 0.348. The van der Waals surface area contributed by atoms with Crippen molar-refractivity contribution in [3.05, 3.63) is 54.1 Å². The van der Waals surface area contributed by atoms with E-state index < -0.39 is 5.79 Å². The largest absolute Gasteiger partial charge is 0.448 e. The number of allylic oxidation sites excluding steroid dienone is 1. The molecule has 1 atom stereocenters. The van der Waals surface area contributed by atoms with Crippen LogP contribution in [0.25, 0.3) is 10.8 Å². The predicted molar refractivity (Wildman–Crippen MR) is 73.2 cm³/mol. The van der Waals surface area contributed by atoms with Crippen molar-refractivity contribution < 1.29 is 14.3 Å². The first-order chi connectivity index (χ1) is 9.13. The lowest BCUT2D eigenvalue weighted by Gasteiger charge is -2.32. The van der Waals surface area contributed by atoms with Crippen molar-refractivity contribution in [2.45, 2.75) is 19.6 Å². The molecule has 0 spiro atoms. The monoisotopic (exact) mass is 254 g/mol. The van der Waals surface area contributed by atoms with E-state index in [2.05, 4.69) is 0 Å². The summed E-state index contributed by atoms with van der Waals surface area (Å²) in [6.45, 7) is 3.58. The van der Waals surface area contributed by atoms with Crippen molar-refractivity contribution in [2.75, 3.05) is 0 Å². The number of hydrogen-bond acceptors (Lipinski definition) is 3. The number of carbonyl (C=O) groups is 1. The standard InChI is InChI=1S/C16H14O3/c1-3-10-16(2)18-13-9-8-11-6-4-5-7-12(11)14(13)15(17)19-16/h3-10H,1-2H3/b10-3-. The van der Waals surface area contributed by atoms with Crippen LogP contribution >= 0.6 is 0 Å². The van der Waals surface area contributed by atoms with E-state index in [-0.39, 0.29) is 5.97 Å². The van der Waals surface area contributed by atoms with Crippen LogP contribution in [0.4, 0.5) is 0 Å². The van der Waals surface area contributed by atoms with Gasteiger partial charge < -0.3 is 9.47 Å². The maximum absolute atomic E-state index is 12.3. The Morgan fingerprint density at radius 2 is 1.89 bits per heavy atom. The average Bonchev–Trinajstić information content (AvgIpc) is 2.37. The Bertz CT molecular complexity index is 687. The number of carbonyl (C=O) groups excluding carboxylic acids is 1. The van der Waals surface area contributed by atoms with Gasteiger partial charge in [0.25, 0.3) is 5.79 Å². The molecule has 3 rings (SSSR count). The summed E-state index contributed by atoms with van der Waals surface area (Å²) in [5, 5.41) is 1.85. The summed E-state index contributed by atoms with van der Waals surface area (Å²) in [7, 11) is 0. The molecular formula is C16H14O3. The first kappa shape index (κ1) is 11.8. The van der Waals surface area contributed by atoms with Gasteiger partial charge in [0.15, 0.2) is 0 Å². The van der Waals surface area contributed by atoms with Crippen molar-refractivity contribution in [3.8, 4) is 5.75 Å². The SMILES string of the molecule is C/C=C\C1(C)OC(=O)c2c(ccc3ccccc23)O1. The van der Waals surface area contributed by atoms with Gasteiger partial charge in [0.1, 0.15) is 11.3 Å². The van der Waals surface area contributed by atoms with Crippen LogP contribution in [0.5, 0.6) is 5.75 Å². The maximum atomic E-state index is 12.3. The number of hydrogen-bond donors (Lipinski definition) is 0. The number of esters is 1. The summed E-state index contributed by atoms with van der Waals surface area (Å²) < 4.78 is 11.2. The van der Waals surface area contributed by atoms with E-state index in [0.29, 0.717) is 11.3 Å². The summed E-state index contributed by atoms with van der Waals surface area (Å²) in [6, 6.07) is 11.5. The molecule has 0 bridgehead atoms. The zero-order chi connectivity index (χ0) is 13.5.